The van der Waals surface area contributed by atoms with E-state index in [0.717, 1.165) is 29.2 Å². The standard InChI is InChI=1S/C22H30O3S/c1-13(2)6-7-16-11-19(26(23,24)25)12-18-10-17(8-9-20(16)18)22-15(5)21(22)14(3)4/h8-15,21-22H,6-7H2,1-5H3,(H,23,24,25). The van der Waals surface area contributed by atoms with Gasteiger partial charge < -0.3 is 0 Å². The monoisotopic (exact) mass is 374 g/mol. The van der Waals surface area contributed by atoms with Crippen molar-refractivity contribution in [1.29, 1.82) is 0 Å². The van der Waals surface area contributed by atoms with Gasteiger partial charge in [-0.3, -0.25) is 4.55 Å². The number of hydrogen-bond donors (Lipinski definition) is 1. The van der Waals surface area contributed by atoms with Crippen molar-refractivity contribution in [2.24, 2.45) is 23.7 Å². The normalized spacial score (nSPS) is 23.2. The predicted molar refractivity (Wildman–Crippen MR) is 107 cm³/mol. The number of fused-ring (bicyclic) bond motifs is 1. The maximum atomic E-state index is 11.7. The lowest BCUT2D eigenvalue weighted by atomic mass is 9.94. The first-order valence-corrected chi connectivity index (χ1v) is 11.1. The van der Waals surface area contributed by atoms with Crippen molar-refractivity contribution < 1.29 is 13.0 Å². The first-order chi connectivity index (χ1) is 12.1. The third kappa shape index (κ3) is 3.81. The smallest absolute Gasteiger partial charge is 0.282 e. The molecule has 1 N–H and O–H groups in total. The van der Waals surface area contributed by atoms with E-state index in [4.69, 9.17) is 0 Å². The average molecular weight is 375 g/mol. The van der Waals surface area contributed by atoms with Crippen molar-refractivity contribution in [3.05, 3.63) is 41.5 Å². The Morgan fingerprint density at radius 2 is 1.77 bits per heavy atom. The second-order valence-electron chi connectivity index (χ2n) is 8.68. The zero-order valence-electron chi connectivity index (χ0n) is 16.4. The zero-order chi connectivity index (χ0) is 19.2. The van der Waals surface area contributed by atoms with Gasteiger partial charge in [-0.1, -0.05) is 52.8 Å². The molecule has 1 saturated carbocycles. The van der Waals surface area contributed by atoms with Gasteiger partial charge in [-0.2, -0.15) is 8.42 Å². The van der Waals surface area contributed by atoms with E-state index in [2.05, 4.69) is 52.8 Å². The Hall–Kier alpha value is -1.39. The third-order valence-corrected chi connectivity index (χ3v) is 6.76. The van der Waals surface area contributed by atoms with Crippen molar-refractivity contribution >= 4 is 20.9 Å². The molecule has 4 heteroatoms. The molecule has 0 spiro atoms. The fraction of sp³-hybridized carbons (Fsp3) is 0.545. The molecule has 0 saturated heterocycles. The molecule has 0 heterocycles. The van der Waals surface area contributed by atoms with Gasteiger partial charge in [0, 0.05) is 0 Å². The van der Waals surface area contributed by atoms with E-state index in [0.29, 0.717) is 29.6 Å². The van der Waals surface area contributed by atoms with Crippen LogP contribution in [0.2, 0.25) is 0 Å². The van der Waals surface area contributed by atoms with Crippen LogP contribution >= 0.6 is 0 Å². The highest BCUT2D eigenvalue weighted by Crippen LogP contribution is 2.57. The molecule has 1 aliphatic rings. The minimum Gasteiger partial charge on any atom is -0.282 e. The lowest BCUT2D eigenvalue weighted by Crippen LogP contribution is -2.01. The van der Waals surface area contributed by atoms with Gasteiger partial charge in [0.2, 0.25) is 0 Å². The molecule has 142 valence electrons. The van der Waals surface area contributed by atoms with Crippen LogP contribution in [0.15, 0.2) is 35.2 Å². The van der Waals surface area contributed by atoms with Gasteiger partial charge in [0.25, 0.3) is 10.1 Å². The largest absolute Gasteiger partial charge is 0.294 e. The fourth-order valence-corrected chi connectivity index (χ4v) is 5.05. The van der Waals surface area contributed by atoms with Crippen molar-refractivity contribution in [2.45, 2.75) is 58.3 Å². The van der Waals surface area contributed by atoms with Gasteiger partial charge in [-0.05, 0) is 76.5 Å². The van der Waals surface area contributed by atoms with E-state index in [9.17, 15) is 13.0 Å². The van der Waals surface area contributed by atoms with Crippen molar-refractivity contribution in [3.8, 4) is 0 Å². The summed E-state index contributed by atoms with van der Waals surface area (Å²) in [6, 6.07) is 9.72. The molecule has 0 bridgehead atoms. The van der Waals surface area contributed by atoms with E-state index in [1.807, 2.05) is 0 Å². The summed E-state index contributed by atoms with van der Waals surface area (Å²) in [7, 11) is -4.21. The first-order valence-electron chi connectivity index (χ1n) is 9.63. The lowest BCUT2D eigenvalue weighted by molar-refractivity contribution is 0.483. The van der Waals surface area contributed by atoms with E-state index < -0.39 is 10.1 Å². The van der Waals surface area contributed by atoms with Gasteiger partial charge in [0.15, 0.2) is 0 Å². The Balaban J connectivity index is 2.07. The Kier molecular flexibility index (Phi) is 5.19. The van der Waals surface area contributed by atoms with Gasteiger partial charge >= 0.3 is 0 Å². The van der Waals surface area contributed by atoms with E-state index >= 15 is 0 Å². The molecule has 1 fully saturated rings. The molecule has 3 atom stereocenters. The number of hydrogen-bond acceptors (Lipinski definition) is 2. The molecule has 0 aliphatic heterocycles. The molecule has 0 amide bonds. The maximum Gasteiger partial charge on any atom is 0.294 e. The summed E-state index contributed by atoms with van der Waals surface area (Å²) in [5.41, 5.74) is 2.28. The summed E-state index contributed by atoms with van der Waals surface area (Å²) in [5.74, 6) is 3.09. The second-order valence-corrected chi connectivity index (χ2v) is 10.1. The topological polar surface area (TPSA) is 54.4 Å². The summed E-state index contributed by atoms with van der Waals surface area (Å²) < 4.78 is 33.1. The molecule has 3 unspecified atom stereocenters. The Labute approximate surface area is 157 Å². The number of rotatable bonds is 6. The Morgan fingerprint density at radius 1 is 1.08 bits per heavy atom. The van der Waals surface area contributed by atoms with Gasteiger partial charge in [-0.15, -0.1) is 0 Å². The Bertz CT molecular complexity index is 912. The molecule has 2 aromatic carbocycles. The van der Waals surface area contributed by atoms with Crippen LogP contribution in [0, 0.1) is 23.7 Å². The number of aryl methyl sites for hydroxylation is 1. The average Bonchev–Trinajstić information content (AvgIpc) is 3.22. The van der Waals surface area contributed by atoms with Crippen LogP contribution in [0.5, 0.6) is 0 Å². The lowest BCUT2D eigenvalue weighted by Gasteiger charge is -2.12. The predicted octanol–water partition coefficient (Wildman–Crippen LogP) is 5.68. The highest BCUT2D eigenvalue weighted by molar-refractivity contribution is 7.85. The van der Waals surface area contributed by atoms with Crippen LogP contribution in [0.3, 0.4) is 0 Å². The molecule has 26 heavy (non-hydrogen) atoms. The quantitative estimate of drug-likeness (QED) is 0.662. The van der Waals surface area contributed by atoms with Gasteiger partial charge in [0.1, 0.15) is 0 Å². The molecule has 3 nitrogen and oxygen atoms in total. The highest BCUT2D eigenvalue weighted by Gasteiger charge is 2.48. The van der Waals surface area contributed by atoms with Crippen LogP contribution < -0.4 is 0 Å². The molecule has 0 radical (unpaired) electrons. The van der Waals surface area contributed by atoms with E-state index in [1.54, 1.807) is 12.1 Å². The third-order valence-electron chi connectivity index (χ3n) is 5.93. The molecule has 0 aromatic heterocycles. The van der Waals surface area contributed by atoms with Crippen molar-refractivity contribution in [1.82, 2.24) is 0 Å². The molecular formula is C22H30O3S. The summed E-state index contributed by atoms with van der Waals surface area (Å²) in [5, 5.41) is 2.01. The van der Waals surface area contributed by atoms with Crippen molar-refractivity contribution in [3.63, 3.8) is 0 Å². The van der Waals surface area contributed by atoms with Crippen LogP contribution in [-0.2, 0) is 16.5 Å². The Morgan fingerprint density at radius 3 is 2.31 bits per heavy atom. The van der Waals surface area contributed by atoms with Gasteiger partial charge in [-0.25, -0.2) is 0 Å². The maximum absolute atomic E-state index is 11.7. The van der Waals surface area contributed by atoms with Crippen LogP contribution in [0.1, 0.15) is 58.1 Å². The second kappa shape index (κ2) is 6.97. The van der Waals surface area contributed by atoms with Crippen LogP contribution in [0.4, 0.5) is 0 Å². The molecule has 1 aliphatic carbocycles. The van der Waals surface area contributed by atoms with Crippen molar-refractivity contribution in [2.75, 3.05) is 0 Å². The SMILES string of the molecule is CC(C)CCc1cc(S(=O)(=O)O)cc2cc(C3C(C)C3C(C)C)ccc12. The molecule has 3 rings (SSSR count). The molecule has 2 aromatic rings. The molecular weight excluding hydrogens is 344 g/mol. The highest BCUT2D eigenvalue weighted by atomic mass is 32.2. The first kappa shape index (κ1) is 19.4. The van der Waals surface area contributed by atoms with E-state index in [1.165, 1.54) is 5.56 Å². The summed E-state index contributed by atoms with van der Waals surface area (Å²) in [6.07, 6.45) is 1.80. The van der Waals surface area contributed by atoms with Gasteiger partial charge in [0.05, 0.1) is 4.90 Å². The van der Waals surface area contributed by atoms with E-state index in [-0.39, 0.29) is 4.90 Å². The van der Waals surface area contributed by atoms with Crippen LogP contribution in [0.25, 0.3) is 10.8 Å². The minimum absolute atomic E-state index is 0.00478. The van der Waals surface area contributed by atoms with Crippen LogP contribution in [-0.4, -0.2) is 13.0 Å². The summed E-state index contributed by atoms with van der Waals surface area (Å²) in [6.45, 7) is 11.1. The fourth-order valence-electron chi connectivity index (χ4n) is 4.49. The minimum atomic E-state index is -4.21. The number of benzene rings is 2. The summed E-state index contributed by atoms with van der Waals surface area (Å²) >= 11 is 0. The zero-order valence-corrected chi connectivity index (χ0v) is 17.2. The summed E-state index contributed by atoms with van der Waals surface area (Å²) in [4.78, 5) is 0.00478.